The molecular formula is C13H14ClF3N2O2. The summed E-state index contributed by atoms with van der Waals surface area (Å²) in [5, 5.41) is 9.49. The summed E-state index contributed by atoms with van der Waals surface area (Å²) in [7, 11) is 0. The number of alkyl halides is 3. The van der Waals surface area contributed by atoms with Gasteiger partial charge < -0.3 is 10.0 Å². The van der Waals surface area contributed by atoms with Crippen LogP contribution in [0.25, 0.3) is 0 Å². The van der Waals surface area contributed by atoms with Crippen LogP contribution in [0.2, 0.25) is 5.02 Å². The van der Waals surface area contributed by atoms with Crippen molar-refractivity contribution in [2.75, 3.05) is 37.6 Å². The molecule has 1 fully saturated rings. The van der Waals surface area contributed by atoms with Crippen LogP contribution in [0.4, 0.5) is 18.9 Å². The summed E-state index contributed by atoms with van der Waals surface area (Å²) in [5.41, 5.74) is 0.547. The number of carboxylic acids is 1. The summed E-state index contributed by atoms with van der Waals surface area (Å²) in [6, 6.07) is 4.51. The summed E-state index contributed by atoms with van der Waals surface area (Å²) in [6.07, 6.45) is -4.21. The lowest BCUT2D eigenvalue weighted by atomic mass is 10.1. The summed E-state index contributed by atoms with van der Waals surface area (Å²) >= 11 is 5.78. The number of anilines is 1. The molecule has 0 amide bonds. The highest BCUT2D eigenvalue weighted by atomic mass is 35.5. The number of piperazine rings is 1. The first-order valence-electron chi connectivity index (χ1n) is 6.33. The zero-order valence-electron chi connectivity index (χ0n) is 11.0. The van der Waals surface area contributed by atoms with E-state index in [4.69, 9.17) is 11.6 Å². The zero-order chi connectivity index (χ0) is 15.6. The van der Waals surface area contributed by atoms with E-state index in [0.29, 0.717) is 23.8 Å². The highest BCUT2D eigenvalue weighted by Gasteiger charge is 2.32. The summed E-state index contributed by atoms with van der Waals surface area (Å²) < 4.78 is 37.0. The molecular weight excluding hydrogens is 309 g/mol. The van der Waals surface area contributed by atoms with Gasteiger partial charge in [0, 0.05) is 31.2 Å². The average molecular weight is 323 g/mol. The van der Waals surface area contributed by atoms with Crippen LogP contribution in [-0.4, -0.2) is 54.9 Å². The highest BCUT2D eigenvalue weighted by molar-refractivity contribution is 6.31. The molecule has 116 valence electrons. The van der Waals surface area contributed by atoms with Gasteiger partial charge >= 0.3 is 12.1 Å². The second kappa shape index (κ2) is 6.11. The number of halogens is 4. The third kappa shape index (κ3) is 4.25. The standard InChI is InChI=1S/C13H14ClF3N2O2/c14-9-1-2-11(10(7-9)12(20)21)19-5-3-18(4-6-19)8-13(15,16)17/h1-2,7H,3-6,8H2,(H,20,21). The molecule has 1 saturated heterocycles. The molecule has 0 aromatic heterocycles. The van der Waals surface area contributed by atoms with Crippen LogP contribution < -0.4 is 4.90 Å². The zero-order valence-corrected chi connectivity index (χ0v) is 11.8. The molecule has 1 heterocycles. The molecule has 8 heteroatoms. The van der Waals surface area contributed by atoms with E-state index >= 15 is 0 Å². The Morgan fingerprint density at radius 2 is 1.86 bits per heavy atom. The van der Waals surface area contributed by atoms with Crippen molar-refractivity contribution in [2.24, 2.45) is 0 Å². The maximum absolute atomic E-state index is 12.3. The normalized spacial score (nSPS) is 17.0. The van der Waals surface area contributed by atoms with E-state index < -0.39 is 18.7 Å². The predicted octanol–water partition coefficient (Wildman–Crippen LogP) is 2.72. The molecule has 1 aliphatic heterocycles. The molecule has 1 aliphatic rings. The molecule has 1 N–H and O–H groups in total. The number of aromatic carboxylic acids is 1. The van der Waals surface area contributed by atoms with Crippen molar-refractivity contribution in [2.45, 2.75) is 6.18 Å². The molecule has 4 nitrogen and oxygen atoms in total. The number of benzene rings is 1. The van der Waals surface area contributed by atoms with E-state index in [1.165, 1.54) is 11.0 Å². The minimum atomic E-state index is -4.21. The molecule has 0 radical (unpaired) electrons. The van der Waals surface area contributed by atoms with Gasteiger partial charge in [-0.25, -0.2) is 4.79 Å². The predicted molar refractivity (Wildman–Crippen MR) is 73.1 cm³/mol. The Hall–Kier alpha value is -1.47. The minimum absolute atomic E-state index is 0.0618. The smallest absolute Gasteiger partial charge is 0.401 e. The number of carboxylic acid groups (broad SMARTS) is 1. The minimum Gasteiger partial charge on any atom is -0.478 e. The molecule has 2 rings (SSSR count). The van der Waals surface area contributed by atoms with Gasteiger partial charge in [0.2, 0.25) is 0 Å². The van der Waals surface area contributed by atoms with E-state index in [-0.39, 0.29) is 18.7 Å². The van der Waals surface area contributed by atoms with Crippen LogP contribution in [-0.2, 0) is 0 Å². The Labute approximate surface area is 124 Å². The quantitative estimate of drug-likeness (QED) is 0.929. The summed E-state index contributed by atoms with van der Waals surface area (Å²) in [5.74, 6) is -1.11. The van der Waals surface area contributed by atoms with Crippen LogP contribution in [0.1, 0.15) is 10.4 Å². The van der Waals surface area contributed by atoms with Crippen LogP contribution in [0.5, 0.6) is 0 Å². The average Bonchev–Trinajstić information content (AvgIpc) is 2.38. The number of nitrogens with zero attached hydrogens (tertiary/aromatic N) is 2. The Bertz CT molecular complexity index is 529. The molecule has 0 aliphatic carbocycles. The Morgan fingerprint density at radius 3 is 2.38 bits per heavy atom. The fraction of sp³-hybridized carbons (Fsp3) is 0.462. The molecule has 1 aromatic rings. The SMILES string of the molecule is O=C(O)c1cc(Cl)ccc1N1CCN(CC(F)(F)F)CC1. The fourth-order valence-electron chi connectivity index (χ4n) is 2.36. The van der Waals surface area contributed by atoms with Crippen molar-refractivity contribution in [1.82, 2.24) is 4.90 Å². The first-order valence-corrected chi connectivity index (χ1v) is 6.71. The monoisotopic (exact) mass is 322 g/mol. The molecule has 21 heavy (non-hydrogen) atoms. The Balaban J connectivity index is 2.07. The largest absolute Gasteiger partial charge is 0.478 e. The van der Waals surface area contributed by atoms with E-state index in [2.05, 4.69) is 0 Å². The van der Waals surface area contributed by atoms with Crippen LogP contribution in [0.3, 0.4) is 0 Å². The van der Waals surface area contributed by atoms with Crippen molar-refractivity contribution in [1.29, 1.82) is 0 Å². The third-order valence-electron chi connectivity index (χ3n) is 3.30. The van der Waals surface area contributed by atoms with Gasteiger partial charge in [-0.3, -0.25) is 4.90 Å². The first-order chi connectivity index (χ1) is 9.76. The second-order valence-corrected chi connectivity index (χ2v) is 5.28. The van der Waals surface area contributed by atoms with Crippen molar-refractivity contribution in [3.63, 3.8) is 0 Å². The second-order valence-electron chi connectivity index (χ2n) is 4.84. The summed E-state index contributed by atoms with van der Waals surface area (Å²) in [6.45, 7) is 0.228. The molecule has 0 spiro atoms. The lowest BCUT2D eigenvalue weighted by Gasteiger charge is -2.36. The lowest BCUT2D eigenvalue weighted by Crippen LogP contribution is -2.49. The highest BCUT2D eigenvalue weighted by Crippen LogP contribution is 2.26. The first kappa shape index (κ1) is 15.9. The van der Waals surface area contributed by atoms with E-state index in [1.807, 2.05) is 0 Å². The number of carbonyl (C=O) groups is 1. The Morgan fingerprint density at radius 1 is 1.24 bits per heavy atom. The molecule has 0 atom stereocenters. The maximum Gasteiger partial charge on any atom is 0.401 e. The molecule has 0 unspecified atom stereocenters. The summed E-state index contributed by atoms with van der Waals surface area (Å²) in [4.78, 5) is 14.3. The lowest BCUT2D eigenvalue weighted by molar-refractivity contribution is -0.146. The van der Waals surface area contributed by atoms with Gasteiger partial charge in [-0.1, -0.05) is 11.6 Å². The van der Waals surface area contributed by atoms with Gasteiger partial charge in [0.15, 0.2) is 0 Å². The van der Waals surface area contributed by atoms with E-state index in [0.717, 1.165) is 0 Å². The van der Waals surface area contributed by atoms with Crippen molar-refractivity contribution in [3.8, 4) is 0 Å². The topological polar surface area (TPSA) is 43.8 Å². The van der Waals surface area contributed by atoms with Crippen molar-refractivity contribution >= 4 is 23.3 Å². The third-order valence-corrected chi connectivity index (χ3v) is 3.54. The van der Waals surface area contributed by atoms with E-state index in [1.54, 1.807) is 17.0 Å². The number of rotatable bonds is 3. The van der Waals surface area contributed by atoms with Crippen LogP contribution >= 0.6 is 11.6 Å². The van der Waals surface area contributed by atoms with Gasteiger partial charge in [-0.05, 0) is 18.2 Å². The van der Waals surface area contributed by atoms with Crippen LogP contribution in [0, 0.1) is 0 Å². The van der Waals surface area contributed by atoms with Crippen LogP contribution in [0.15, 0.2) is 18.2 Å². The number of hydrogen-bond donors (Lipinski definition) is 1. The molecule has 0 saturated carbocycles. The van der Waals surface area contributed by atoms with Gasteiger partial charge in [-0.15, -0.1) is 0 Å². The van der Waals surface area contributed by atoms with Gasteiger partial charge in [0.25, 0.3) is 0 Å². The number of hydrogen-bond acceptors (Lipinski definition) is 3. The van der Waals surface area contributed by atoms with Crippen molar-refractivity contribution in [3.05, 3.63) is 28.8 Å². The van der Waals surface area contributed by atoms with Crippen molar-refractivity contribution < 1.29 is 23.1 Å². The molecule has 0 bridgehead atoms. The molecule has 1 aromatic carbocycles. The van der Waals surface area contributed by atoms with Gasteiger partial charge in [0.05, 0.1) is 17.8 Å². The van der Waals surface area contributed by atoms with E-state index in [9.17, 15) is 23.1 Å². The van der Waals surface area contributed by atoms with Gasteiger partial charge in [-0.2, -0.15) is 13.2 Å². The Kier molecular flexibility index (Phi) is 4.63. The van der Waals surface area contributed by atoms with Gasteiger partial charge in [0.1, 0.15) is 0 Å². The maximum atomic E-state index is 12.3. The fourth-order valence-corrected chi connectivity index (χ4v) is 2.53.